The van der Waals surface area contributed by atoms with Crippen molar-refractivity contribution in [1.82, 2.24) is 4.90 Å². The molecule has 1 aliphatic heterocycles. The summed E-state index contributed by atoms with van der Waals surface area (Å²) in [6.45, 7) is 12.0. The second-order valence-electron chi connectivity index (χ2n) is 6.69. The molecule has 5 nitrogen and oxygen atoms in total. The van der Waals surface area contributed by atoms with Crippen molar-refractivity contribution in [2.75, 3.05) is 13.1 Å². The highest BCUT2D eigenvalue weighted by molar-refractivity contribution is 5.78. The van der Waals surface area contributed by atoms with Crippen LogP contribution in [-0.2, 0) is 9.53 Å². The second kappa shape index (κ2) is 5.85. The van der Waals surface area contributed by atoms with E-state index in [4.69, 9.17) is 9.84 Å². The van der Waals surface area contributed by atoms with E-state index in [9.17, 15) is 9.59 Å². The first kappa shape index (κ1) is 16.5. The molecule has 1 rings (SSSR count). The molecule has 20 heavy (non-hydrogen) atoms. The number of likely N-dealkylation sites (tertiary alicyclic amines) is 1. The van der Waals surface area contributed by atoms with Gasteiger partial charge in [0.15, 0.2) is 0 Å². The molecule has 114 valence electrons. The van der Waals surface area contributed by atoms with Crippen LogP contribution in [0, 0.1) is 5.41 Å². The zero-order chi connectivity index (χ0) is 15.6. The molecule has 0 aromatic heterocycles. The molecule has 0 atom stereocenters. The summed E-state index contributed by atoms with van der Waals surface area (Å²) < 4.78 is 5.53. The fourth-order valence-electron chi connectivity index (χ4n) is 2.54. The minimum Gasteiger partial charge on any atom is -0.465 e. The van der Waals surface area contributed by atoms with Crippen LogP contribution in [0.15, 0.2) is 12.2 Å². The number of carbonyl (C=O) groups is 2. The third-order valence-corrected chi connectivity index (χ3v) is 3.46. The van der Waals surface area contributed by atoms with Crippen LogP contribution in [0.25, 0.3) is 0 Å². The number of piperidine rings is 1. The standard InChI is InChI=1S/C15H25NO4/c1-11(2)10-15(12(17)20-14(3,4)5)6-8-16(9-7-15)13(18)19/h1,6-10H2,2-5H3,(H,18,19). The molecule has 0 aromatic carbocycles. The van der Waals surface area contributed by atoms with Gasteiger partial charge in [-0.2, -0.15) is 0 Å². The van der Waals surface area contributed by atoms with Gasteiger partial charge in [0.25, 0.3) is 0 Å². The van der Waals surface area contributed by atoms with Crippen molar-refractivity contribution >= 4 is 12.1 Å². The predicted octanol–water partition coefficient (Wildman–Crippen LogP) is 3.05. The Balaban J connectivity index is 2.87. The SMILES string of the molecule is C=C(C)CC1(C(=O)OC(C)(C)C)CCN(C(=O)O)CC1. The number of rotatable bonds is 3. The van der Waals surface area contributed by atoms with Gasteiger partial charge in [-0.05, 0) is 47.0 Å². The topological polar surface area (TPSA) is 66.8 Å². The summed E-state index contributed by atoms with van der Waals surface area (Å²) in [5.74, 6) is -0.238. The van der Waals surface area contributed by atoms with Gasteiger partial charge < -0.3 is 14.7 Å². The van der Waals surface area contributed by atoms with Crippen molar-refractivity contribution < 1.29 is 19.4 Å². The summed E-state index contributed by atoms with van der Waals surface area (Å²) in [6.07, 6.45) is 0.593. The number of hydrogen-bond acceptors (Lipinski definition) is 3. The number of allylic oxidation sites excluding steroid dienone is 1. The minimum absolute atomic E-state index is 0.238. The Morgan fingerprint density at radius 1 is 1.30 bits per heavy atom. The molecule has 0 radical (unpaired) electrons. The van der Waals surface area contributed by atoms with Crippen molar-refractivity contribution in [1.29, 1.82) is 0 Å². The Morgan fingerprint density at radius 3 is 2.15 bits per heavy atom. The van der Waals surface area contributed by atoms with Crippen molar-refractivity contribution in [3.63, 3.8) is 0 Å². The van der Waals surface area contributed by atoms with E-state index < -0.39 is 17.1 Å². The van der Waals surface area contributed by atoms with Gasteiger partial charge in [-0.3, -0.25) is 4.79 Å². The Hall–Kier alpha value is -1.52. The van der Waals surface area contributed by atoms with Gasteiger partial charge in [-0.1, -0.05) is 5.57 Å². The van der Waals surface area contributed by atoms with Crippen molar-refractivity contribution in [3.05, 3.63) is 12.2 Å². The number of carboxylic acid groups (broad SMARTS) is 1. The summed E-state index contributed by atoms with van der Waals surface area (Å²) in [6, 6.07) is 0. The number of esters is 1. The summed E-state index contributed by atoms with van der Waals surface area (Å²) in [5.41, 5.74) is -0.256. The molecule has 0 saturated carbocycles. The Bertz CT molecular complexity index is 401. The molecule has 5 heteroatoms. The summed E-state index contributed by atoms with van der Waals surface area (Å²) in [7, 11) is 0. The van der Waals surface area contributed by atoms with Crippen molar-refractivity contribution in [2.24, 2.45) is 5.41 Å². The zero-order valence-corrected chi connectivity index (χ0v) is 12.9. The number of ether oxygens (including phenoxy) is 1. The van der Waals surface area contributed by atoms with Crippen molar-refractivity contribution in [2.45, 2.75) is 52.6 Å². The first-order valence-electron chi connectivity index (χ1n) is 6.91. The Labute approximate surface area is 120 Å². The molecule has 0 bridgehead atoms. The third-order valence-electron chi connectivity index (χ3n) is 3.46. The average molecular weight is 283 g/mol. The van der Waals surface area contributed by atoms with E-state index in [0.29, 0.717) is 32.4 Å². The summed E-state index contributed by atoms with van der Waals surface area (Å²) in [4.78, 5) is 24.8. The van der Waals surface area contributed by atoms with Crippen LogP contribution in [0.2, 0.25) is 0 Å². The quantitative estimate of drug-likeness (QED) is 0.638. The Kier molecular flexibility index (Phi) is 4.84. The molecule has 1 N–H and O–H groups in total. The number of amides is 1. The zero-order valence-electron chi connectivity index (χ0n) is 12.9. The van der Waals surface area contributed by atoms with Crippen LogP contribution >= 0.6 is 0 Å². The first-order valence-corrected chi connectivity index (χ1v) is 6.91. The largest absolute Gasteiger partial charge is 0.465 e. The second-order valence-corrected chi connectivity index (χ2v) is 6.69. The molecule has 0 unspecified atom stereocenters. The number of hydrogen-bond donors (Lipinski definition) is 1. The van der Waals surface area contributed by atoms with E-state index in [-0.39, 0.29) is 5.97 Å². The van der Waals surface area contributed by atoms with E-state index in [1.165, 1.54) is 4.90 Å². The van der Waals surface area contributed by atoms with Gasteiger partial charge in [0.2, 0.25) is 0 Å². The lowest BCUT2D eigenvalue weighted by Crippen LogP contribution is -2.48. The molecule has 0 spiro atoms. The molecule has 0 aromatic rings. The summed E-state index contributed by atoms with van der Waals surface area (Å²) >= 11 is 0. The number of carbonyl (C=O) groups excluding carboxylic acids is 1. The van der Waals surface area contributed by atoms with Crippen molar-refractivity contribution in [3.8, 4) is 0 Å². The van der Waals surface area contributed by atoms with Gasteiger partial charge in [-0.15, -0.1) is 6.58 Å². The van der Waals surface area contributed by atoms with Crippen LogP contribution in [0.5, 0.6) is 0 Å². The molecular weight excluding hydrogens is 258 g/mol. The number of nitrogens with zero attached hydrogens (tertiary/aromatic N) is 1. The molecular formula is C15H25NO4. The molecule has 1 heterocycles. The highest BCUT2D eigenvalue weighted by Crippen LogP contribution is 2.39. The van der Waals surface area contributed by atoms with E-state index in [1.54, 1.807) is 0 Å². The van der Waals surface area contributed by atoms with Gasteiger partial charge in [0, 0.05) is 13.1 Å². The van der Waals surface area contributed by atoms with E-state index in [2.05, 4.69) is 6.58 Å². The average Bonchev–Trinajstić information content (AvgIpc) is 2.26. The fourth-order valence-corrected chi connectivity index (χ4v) is 2.54. The van der Waals surface area contributed by atoms with Gasteiger partial charge in [0.1, 0.15) is 5.60 Å². The minimum atomic E-state index is -0.932. The highest BCUT2D eigenvalue weighted by Gasteiger charge is 2.44. The van der Waals surface area contributed by atoms with E-state index in [1.807, 2.05) is 27.7 Å². The van der Waals surface area contributed by atoms with Crippen LogP contribution in [0.4, 0.5) is 4.79 Å². The maximum absolute atomic E-state index is 12.5. The lowest BCUT2D eigenvalue weighted by molar-refractivity contribution is -0.170. The van der Waals surface area contributed by atoms with Crippen LogP contribution in [-0.4, -0.2) is 40.8 Å². The smallest absolute Gasteiger partial charge is 0.407 e. The van der Waals surface area contributed by atoms with Gasteiger partial charge in [-0.25, -0.2) is 4.79 Å². The molecule has 1 amide bonds. The fraction of sp³-hybridized carbons (Fsp3) is 0.733. The maximum atomic E-state index is 12.5. The lowest BCUT2D eigenvalue weighted by atomic mass is 9.74. The first-order chi connectivity index (χ1) is 9.06. The van der Waals surface area contributed by atoms with Crippen LogP contribution in [0.3, 0.4) is 0 Å². The molecule has 1 saturated heterocycles. The van der Waals surface area contributed by atoms with Gasteiger partial charge >= 0.3 is 12.1 Å². The maximum Gasteiger partial charge on any atom is 0.407 e. The monoisotopic (exact) mass is 283 g/mol. The molecule has 0 aliphatic carbocycles. The van der Waals surface area contributed by atoms with Crippen LogP contribution < -0.4 is 0 Å². The van der Waals surface area contributed by atoms with E-state index in [0.717, 1.165) is 5.57 Å². The van der Waals surface area contributed by atoms with E-state index >= 15 is 0 Å². The predicted molar refractivity (Wildman–Crippen MR) is 76.5 cm³/mol. The molecule has 1 fully saturated rings. The molecule has 1 aliphatic rings. The van der Waals surface area contributed by atoms with Gasteiger partial charge in [0.05, 0.1) is 5.41 Å². The third kappa shape index (κ3) is 4.25. The normalized spacial score (nSPS) is 18.5. The highest BCUT2D eigenvalue weighted by atomic mass is 16.6. The summed E-state index contributed by atoms with van der Waals surface area (Å²) in [5, 5.41) is 9.01. The Morgan fingerprint density at radius 2 is 1.80 bits per heavy atom. The van der Waals surface area contributed by atoms with Crippen LogP contribution in [0.1, 0.15) is 47.0 Å². The lowest BCUT2D eigenvalue weighted by Gasteiger charge is -2.40.